The van der Waals surface area contributed by atoms with Gasteiger partial charge >= 0.3 is 0 Å². The first-order valence-corrected chi connectivity index (χ1v) is 7.87. The van der Waals surface area contributed by atoms with Crippen molar-refractivity contribution in [1.29, 1.82) is 0 Å². The third-order valence-corrected chi connectivity index (χ3v) is 4.40. The highest BCUT2D eigenvalue weighted by molar-refractivity contribution is 5.28. The number of rotatable bonds is 4. The molecule has 0 bridgehead atoms. The van der Waals surface area contributed by atoms with Crippen molar-refractivity contribution in [3.63, 3.8) is 0 Å². The second-order valence-corrected chi connectivity index (χ2v) is 6.63. The van der Waals surface area contributed by atoms with Gasteiger partial charge < -0.3 is 5.32 Å². The summed E-state index contributed by atoms with van der Waals surface area (Å²) in [7, 11) is 0. The van der Waals surface area contributed by atoms with Crippen LogP contribution in [0.4, 0.5) is 13.2 Å². The summed E-state index contributed by atoms with van der Waals surface area (Å²) in [6, 6.07) is 4.35. The molecule has 124 valence electrons. The number of nitrogens with zero attached hydrogens (tertiary/aromatic N) is 1. The van der Waals surface area contributed by atoms with Crippen molar-refractivity contribution in [2.24, 2.45) is 5.92 Å². The summed E-state index contributed by atoms with van der Waals surface area (Å²) >= 11 is 0. The lowest BCUT2D eigenvalue weighted by Gasteiger charge is -2.44. The van der Waals surface area contributed by atoms with Gasteiger partial charge in [0.1, 0.15) is 5.82 Å². The molecule has 1 aliphatic rings. The van der Waals surface area contributed by atoms with Crippen LogP contribution in [0.5, 0.6) is 0 Å². The lowest BCUT2D eigenvalue weighted by Crippen LogP contribution is -2.56. The molecule has 1 unspecified atom stereocenters. The summed E-state index contributed by atoms with van der Waals surface area (Å²) in [6.45, 7) is 9.97. The van der Waals surface area contributed by atoms with Gasteiger partial charge in [-0.3, -0.25) is 4.90 Å². The van der Waals surface area contributed by atoms with Crippen molar-refractivity contribution in [2.45, 2.75) is 52.2 Å². The van der Waals surface area contributed by atoms with E-state index in [9.17, 15) is 13.2 Å². The van der Waals surface area contributed by atoms with E-state index in [-0.39, 0.29) is 23.6 Å². The number of alkyl halides is 2. The molecule has 1 fully saturated rings. The highest BCUT2D eigenvalue weighted by Gasteiger charge is 2.33. The van der Waals surface area contributed by atoms with Crippen molar-refractivity contribution in [2.75, 3.05) is 13.1 Å². The fourth-order valence-electron chi connectivity index (χ4n) is 3.28. The normalized spacial score (nSPS) is 25.0. The van der Waals surface area contributed by atoms with Crippen LogP contribution in [0.25, 0.3) is 0 Å². The minimum absolute atomic E-state index is 0.105. The Kier molecular flexibility index (Phi) is 5.50. The SMILES string of the molecule is CC(C)C(c1ccc(C(F)F)cc1F)N1C[C@H](C)NC[C@H]1C. The quantitative estimate of drug-likeness (QED) is 0.898. The van der Waals surface area contributed by atoms with E-state index in [0.29, 0.717) is 11.6 Å². The molecule has 0 saturated carbocycles. The van der Waals surface area contributed by atoms with Gasteiger partial charge in [-0.25, -0.2) is 13.2 Å². The molecule has 0 radical (unpaired) electrons. The molecular formula is C17H25F3N2. The molecule has 1 heterocycles. The van der Waals surface area contributed by atoms with Crippen molar-refractivity contribution in [3.05, 3.63) is 35.1 Å². The highest BCUT2D eigenvalue weighted by Crippen LogP contribution is 2.34. The Bertz CT molecular complexity index is 505. The summed E-state index contributed by atoms with van der Waals surface area (Å²) in [6.07, 6.45) is -2.64. The number of benzene rings is 1. The molecule has 22 heavy (non-hydrogen) atoms. The lowest BCUT2D eigenvalue weighted by molar-refractivity contribution is 0.0676. The molecule has 0 aromatic heterocycles. The number of halogens is 3. The molecule has 2 nitrogen and oxygen atoms in total. The van der Waals surface area contributed by atoms with Crippen LogP contribution in [0, 0.1) is 11.7 Å². The van der Waals surface area contributed by atoms with E-state index in [2.05, 4.69) is 24.1 Å². The third-order valence-electron chi connectivity index (χ3n) is 4.40. The van der Waals surface area contributed by atoms with Crippen LogP contribution in [-0.4, -0.2) is 30.1 Å². The van der Waals surface area contributed by atoms with Crippen LogP contribution in [0.15, 0.2) is 18.2 Å². The van der Waals surface area contributed by atoms with Crippen LogP contribution in [0.2, 0.25) is 0 Å². The van der Waals surface area contributed by atoms with Crippen LogP contribution in [0.3, 0.4) is 0 Å². The zero-order valence-corrected chi connectivity index (χ0v) is 13.6. The minimum atomic E-state index is -2.64. The second-order valence-electron chi connectivity index (χ2n) is 6.63. The van der Waals surface area contributed by atoms with Gasteiger partial charge in [-0.2, -0.15) is 0 Å². The van der Waals surface area contributed by atoms with Crippen molar-refractivity contribution in [3.8, 4) is 0 Å². The largest absolute Gasteiger partial charge is 0.311 e. The predicted molar refractivity (Wildman–Crippen MR) is 82.6 cm³/mol. The van der Waals surface area contributed by atoms with E-state index in [1.165, 1.54) is 12.1 Å². The first kappa shape index (κ1) is 17.3. The fourth-order valence-corrected chi connectivity index (χ4v) is 3.28. The number of piperazine rings is 1. The van der Waals surface area contributed by atoms with E-state index in [1.54, 1.807) is 0 Å². The van der Waals surface area contributed by atoms with E-state index in [4.69, 9.17) is 0 Å². The van der Waals surface area contributed by atoms with E-state index < -0.39 is 12.2 Å². The smallest absolute Gasteiger partial charge is 0.263 e. The fraction of sp³-hybridized carbons (Fsp3) is 0.647. The zero-order chi connectivity index (χ0) is 16.4. The topological polar surface area (TPSA) is 15.3 Å². The van der Waals surface area contributed by atoms with Gasteiger partial charge in [0, 0.05) is 42.3 Å². The van der Waals surface area contributed by atoms with E-state index in [0.717, 1.165) is 19.2 Å². The maximum atomic E-state index is 14.4. The second kappa shape index (κ2) is 7.01. The van der Waals surface area contributed by atoms with Crippen molar-refractivity contribution < 1.29 is 13.2 Å². The first-order chi connectivity index (χ1) is 10.3. The molecule has 0 amide bonds. The Hall–Kier alpha value is -1.07. The summed E-state index contributed by atoms with van der Waals surface area (Å²) in [5, 5.41) is 3.41. The predicted octanol–water partition coefficient (Wildman–Crippen LogP) is 4.14. The Labute approximate surface area is 130 Å². The Morgan fingerprint density at radius 1 is 1.23 bits per heavy atom. The Morgan fingerprint density at radius 2 is 1.91 bits per heavy atom. The molecule has 1 saturated heterocycles. The van der Waals surface area contributed by atoms with E-state index >= 15 is 0 Å². The Balaban J connectivity index is 2.35. The molecule has 1 aliphatic heterocycles. The van der Waals surface area contributed by atoms with Gasteiger partial charge in [0.25, 0.3) is 6.43 Å². The van der Waals surface area contributed by atoms with Crippen molar-refractivity contribution in [1.82, 2.24) is 10.2 Å². The van der Waals surface area contributed by atoms with E-state index in [1.807, 2.05) is 13.8 Å². The maximum absolute atomic E-state index is 14.4. The monoisotopic (exact) mass is 314 g/mol. The molecule has 3 atom stereocenters. The van der Waals surface area contributed by atoms with Gasteiger partial charge in [-0.15, -0.1) is 0 Å². The standard InChI is InChI=1S/C17H25F3N2/c1-10(2)16(22-9-11(3)21-8-12(22)4)14-6-5-13(17(19)20)7-15(14)18/h5-7,10-12,16-17,21H,8-9H2,1-4H3/t11-,12+,16?/m0/s1. The van der Waals surface area contributed by atoms with Crippen LogP contribution < -0.4 is 5.32 Å². The average Bonchev–Trinajstić information content (AvgIpc) is 2.44. The summed E-state index contributed by atoms with van der Waals surface area (Å²) in [5.74, 6) is -0.338. The minimum Gasteiger partial charge on any atom is -0.311 e. The maximum Gasteiger partial charge on any atom is 0.263 e. The van der Waals surface area contributed by atoms with Crippen LogP contribution in [-0.2, 0) is 0 Å². The summed E-state index contributed by atoms with van der Waals surface area (Å²) in [5.41, 5.74) is 0.255. The molecule has 1 aromatic carbocycles. The highest BCUT2D eigenvalue weighted by atomic mass is 19.3. The molecule has 2 rings (SSSR count). The van der Waals surface area contributed by atoms with Gasteiger partial charge in [-0.1, -0.05) is 26.0 Å². The molecule has 0 spiro atoms. The Morgan fingerprint density at radius 3 is 2.45 bits per heavy atom. The molecule has 1 aromatic rings. The third kappa shape index (κ3) is 3.63. The molecular weight excluding hydrogens is 289 g/mol. The molecule has 0 aliphatic carbocycles. The lowest BCUT2D eigenvalue weighted by atomic mass is 9.90. The number of hydrogen-bond acceptors (Lipinski definition) is 2. The number of hydrogen-bond donors (Lipinski definition) is 1. The van der Waals surface area contributed by atoms with Gasteiger partial charge in [0.15, 0.2) is 0 Å². The van der Waals surface area contributed by atoms with Gasteiger partial charge in [0.2, 0.25) is 0 Å². The summed E-state index contributed by atoms with van der Waals surface area (Å²) < 4.78 is 39.9. The molecule has 5 heteroatoms. The first-order valence-electron chi connectivity index (χ1n) is 7.87. The van der Waals surface area contributed by atoms with Crippen molar-refractivity contribution >= 4 is 0 Å². The van der Waals surface area contributed by atoms with Crippen LogP contribution in [0.1, 0.15) is 51.3 Å². The molecule has 1 N–H and O–H groups in total. The van der Waals surface area contributed by atoms with Gasteiger partial charge in [-0.05, 0) is 25.8 Å². The zero-order valence-electron chi connectivity index (χ0n) is 13.6. The van der Waals surface area contributed by atoms with Gasteiger partial charge in [0.05, 0.1) is 0 Å². The summed E-state index contributed by atoms with van der Waals surface area (Å²) in [4.78, 5) is 2.28. The number of nitrogens with one attached hydrogen (secondary N) is 1. The van der Waals surface area contributed by atoms with Crippen LogP contribution >= 0.6 is 0 Å². The average molecular weight is 314 g/mol.